The maximum absolute atomic E-state index is 14.0. The SMILES string of the molecule is CC(=O)c1c(C)[nH]c(C(=O)CSc2nnc(COc3ccccc3F)n2-c2ccccc2)c1C. The number of para-hydroxylation sites is 2. The lowest BCUT2D eigenvalue weighted by molar-refractivity contribution is 0.101. The van der Waals surface area contributed by atoms with Crippen LogP contribution in [-0.4, -0.2) is 37.1 Å². The lowest BCUT2D eigenvalue weighted by Gasteiger charge is -2.11. The predicted molar refractivity (Wildman–Crippen MR) is 127 cm³/mol. The molecule has 0 radical (unpaired) electrons. The van der Waals surface area contributed by atoms with E-state index in [0.717, 1.165) is 5.69 Å². The Balaban J connectivity index is 1.57. The quantitative estimate of drug-likeness (QED) is 0.266. The third-order valence-corrected chi connectivity index (χ3v) is 6.24. The van der Waals surface area contributed by atoms with Crippen LogP contribution in [-0.2, 0) is 6.61 Å². The van der Waals surface area contributed by atoms with Gasteiger partial charge in [-0.15, -0.1) is 10.2 Å². The number of Topliss-reactive ketones (excluding diaryl/α,β-unsaturated/α-hetero) is 2. The Labute approximate surface area is 200 Å². The Morgan fingerprint density at radius 3 is 2.44 bits per heavy atom. The Bertz CT molecular complexity index is 1350. The molecule has 34 heavy (non-hydrogen) atoms. The lowest BCUT2D eigenvalue weighted by Crippen LogP contribution is -2.09. The topological polar surface area (TPSA) is 89.9 Å². The molecule has 0 unspecified atom stereocenters. The molecule has 0 spiro atoms. The molecular weight excluding hydrogens is 455 g/mol. The van der Waals surface area contributed by atoms with Crippen molar-refractivity contribution in [3.05, 3.63) is 88.8 Å². The summed E-state index contributed by atoms with van der Waals surface area (Å²) in [6, 6.07) is 15.6. The van der Waals surface area contributed by atoms with Gasteiger partial charge in [0.15, 0.2) is 34.1 Å². The van der Waals surface area contributed by atoms with Crippen molar-refractivity contribution in [3.8, 4) is 11.4 Å². The molecule has 1 N–H and O–H groups in total. The fourth-order valence-corrected chi connectivity index (χ4v) is 4.63. The number of hydrogen-bond donors (Lipinski definition) is 1. The number of aromatic amines is 1. The average Bonchev–Trinajstić information content (AvgIpc) is 3.37. The molecule has 174 valence electrons. The van der Waals surface area contributed by atoms with Crippen molar-refractivity contribution in [2.45, 2.75) is 32.5 Å². The summed E-state index contributed by atoms with van der Waals surface area (Å²) in [6.45, 7) is 5.03. The van der Waals surface area contributed by atoms with Crippen LogP contribution in [0.2, 0.25) is 0 Å². The van der Waals surface area contributed by atoms with E-state index >= 15 is 0 Å². The number of thioether (sulfide) groups is 1. The number of hydrogen-bond acceptors (Lipinski definition) is 6. The smallest absolute Gasteiger partial charge is 0.196 e. The van der Waals surface area contributed by atoms with Crippen molar-refractivity contribution in [1.29, 1.82) is 0 Å². The number of benzene rings is 2. The van der Waals surface area contributed by atoms with Gasteiger partial charge in [-0.2, -0.15) is 0 Å². The van der Waals surface area contributed by atoms with Crippen molar-refractivity contribution < 1.29 is 18.7 Å². The molecule has 4 rings (SSSR count). The average molecular weight is 479 g/mol. The second-order valence-electron chi connectivity index (χ2n) is 7.68. The highest BCUT2D eigenvalue weighted by atomic mass is 32.2. The standard InChI is InChI=1S/C25H23FN4O3S/c1-15-23(17(3)31)16(2)27-24(15)20(32)14-34-25-29-28-22(30(25)18-9-5-4-6-10-18)13-33-21-12-8-7-11-19(21)26/h4-12,27H,13-14H2,1-3H3. The lowest BCUT2D eigenvalue weighted by atomic mass is 10.1. The zero-order chi connectivity index (χ0) is 24.2. The van der Waals surface area contributed by atoms with Crippen molar-refractivity contribution >= 4 is 23.3 Å². The van der Waals surface area contributed by atoms with Gasteiger partial charge in [0, 0.05) is 16.9 Å². The van der Waals surface area contributed by atoms with Gasteiger partial charge in [0.2, 0.25) is 0 Å². The maximum atomic E-state index is 14.0. The number of carbonyl (C=O) groups is 2. The number of nitrogens with one attached hydrogen (secondary N) is 1. The van der Waals surface area contributed by atoms with Gasteiger partial charge in [-0.25, -0.2) is 4.39 Å². The number of ether oxygens (including phenoxy) is 1. The number of halogens is 1. The van der Waals surface area contributed by atoms with E-state index in [2.05, 4.69) is 15.2 Å². The van der Waals surface area contributed by atoms with Crippen LogP contribution in [0.15, 0.2) is 59.8 Å². The number of H-pyrrole nitrogens is 1. The number of aromatic nitrogens is 4. The molecule has 9 heteroatoms. The fraction of sp³-hybridized carbons (Fsp3) is 0.200. The molecule has 2 aromatic carbocycles. The first kappa shape index (κ1) is 23.4. The summed E-state index contributed by atoms with van der Waals surface area (Å²) in [6.07, 6.45) is 0. The van der Waals surface area contributed by atoms with Gasteiger partial charge < -0.3 is 9.72 Å². The van der Waals surface area contributed by atoms with Crippen molar-refractivity contribution in [2.24, 2.45) is 0 Å². The second kappa shape index (κ2) is 10.0. The van der Waals surface area contributed by atoms with E-state index in [1.165, 1.54) is 24.8 Å². The molecule has 2 aromatic heterocycles. The van der Waals surface area contributed by atoms with Crippen LogP contribution < -0.4 is 4.74 Å². The summed E-state index contributed by atoms with van der Waals surface area (Å²) in [4.78, 5) is 27.9. The molecule has 4 aromatic rings. The number of nitrogens with zero attached hydrogens (tertiary/aromatic N) is 3. The first-order chi connectivity index (χ1) is 16.4. The zero-order valence-corrected chi connectivity index (χ0v) is 19.8. The van der Waals surface area contributed by atoms with Crippen LogP contribution in [0, 0.1) is 19.7 Å². The number of carbonyl (C=O) groups excluding carboxylic acids is 2. The number of aryl methyl sites for hydroxylation is 1. The summed E-state index contributed by atoms with van der Waals surface area (Å²) >= 11 is 1.23. The Morgan fingerprint density at radius 2 is 1.76 bits per heavy atom. The van der Waals surface area contributed by atoms with Crippen molar-refractivity contribution in [2.75, 3.05) is 5.75 Å². The minimum atomic E-state index is -0.463. The number of rotatable bonds is 9. The summed E-state index contributed by atoms with van der Waals surface area (Å²) in [5.41, 5.74) is 3.09. The highest BCUT2D eigenvalue weighted by Gasteiger charge is 2.22. The monoisotopic (exact) mass is 478 g/mol. The number of ketones is 2. The summed E-state index contributed by atoms with van der Waals surface area (Å²) < 4.78 is 21.4. The molecule has 0 aliphatic carbocycles. The molecule has 0 aliphatic rings. The highest BCUT2D eigenvalue weighted by Crippen LogP contribution is 2.26. The maximum Gasteiger partial charge on any atom is 0.196 e. The molecule has 7 nitrogen and oxygen atoms in total. The summed E-state index contributed by atoms with van der Waals surface area (Å²) in [7, 11) is 0. The highest BCUT2D eigenvalue weighted by molar-refractivity contribution is 7.99. The third kappa shape index (κ3) is 4.79. The fourth-order valence-electron chi connectivity index (χ4n) is 3.79. The van der Waals surface area contributed by atoms with E-state index in [9.17, 15) is 14.0 Å². The van der Waals surface area contributed by atoms with E-state index in [0.29, 0.717) is 33.5 Å². The van der Waals surface area contributed by atoms with Crippen LogP contribution in [0.3, 0.4) is 0 Å². The Kier molecular flexibility index (Phi) is 6.93. The molecule has 0 fully saturated rings. The summed E-state index contributed by atoms with van der Waals surface area (Å²) in [5, 5.41) is 8.98. The van der Waals surface area contributed by atoms with E-state index in [1.54, 1.807) is 36.6 Å². The van der Waals surface area contributed by atoms with Gasteiger partial charge in [0.05, 0.1) is 11.4 Å². The third-order valence-electron chi connectivity index (χ3n) is 5.31. The Morgan fingerprint density at radius 1 is 1.06 bits per heavy atom. The zero-order valence-electron chi connectivity index (χ0n) is 19.0. The van der Waals surface area contributed by atoms with Crippen molar-refractivity contribution in [3.63, 3.8) is 0 Å². The van der Waals surface area contributed by atoms with Gasteiger partial charge in [0.25, 0.3) is 0 Å². The van der Waals surface area contributed by atoms with E-state index < -0.39 is 5.82 Å². The minimum Gasteiger partial charge on any atom is -0.483 e. The summed E-state index contributed by atoms with van der Waals surface area (Å²) in [5.74, 6) is -0.0123. The predicted octanol–water partition coefficient (Wildman–Crippen LogP) is 5.11. The van der Waals surface area contributed by atoms with Crippen LogP contribution in [0.25, 0.3) is 5.69 Å². The van der Waals surface area contributed by atoms with Crippen LogP contribution in [0.5, 0.6) is 5.75 Å². The normalized spacial score (nSPS) is 10.9. The first-order valence-corrected chi connectivity index (χ1v) is 11.6. The minimum absolute atomic E-state index is 0.00572. The van der Waals surface area contributed by atoms with Crippen molar-refractivity contribution in [1.82, 2.24) is 19.7 Å². The van der Waals surface area contributed by atoms with E-state index in [-0.39, 0.29) is 29.7 Å². The first-order valence-electron chi connectivity index (χ1n) is 10.6. The van der Waals surface area contributed by atoms with E-state index in [4.69, 9.17) is 4.74 Å². The largest absolute Gasteiger partial charge is 0.483 e. The molecule has 0 aliphatic heterocycles. The van der Waals surface area contributed by atoms with Gasteiger partial charge in [-0.05, 0) is 50.6 Å². The van der Waals surface area contributed by atoms with Crippen LogP contribution >= 0.6 is 11.8 Å². The van der Waals surface area contributed by atoms with Crippen LogP contribution in [0.1, 0.15) is 44.9 Å². The molecule has 2 heterocycles. The molecule has 0 atom stereocenters. The molecule has 0 saturated heterocycles. The molecular formula is C25H23FN4O3S. The van der Waals surface area contributed by atoms with Gasteiger partial charge in [0.1, 0.15) is 6.61 Å². The van der Waals surface area contributed by atoms with Gasteiger partial charge in [-0.1, -0.05) is 42.1 Å². The van der Waals surface area contributed by atoms with E-state index in [1.807, 2.05) is 30.3 Å². The molecule has 0 saturated carbocycles. The van der Waals surface area contributed by atoms with Crippen LogP contribution in [0.4, 0.5) is 4.39 Å². The molecule has 0 amide bonds. The van der Waals surface area contributed by atoms with Gasteiger partial charge >= 0.3 is 0 Å². The van der Waals surface area contributed by atoms with Gasteiger partial charge in [-0.3, -0.25) is 14.2 Å². The Hall–Kier alpha value is -3.72. The second-order valence-corrected chi connectivity index (χ2v) is 8.62. The molecule has 0 bridgehead atoms.